The molecule has 0 spiro atoms. The van der Waals surface area contributed by atoms with E-state index in [9.17, 15) is 8.42 Å². The lowest BCUT2D eigenvalue weighted by Crippen LogP contribution is -2.41. The van der Waals surface area contributed by atoms with Crippen molar-refractivity contribution < 1.29 is 13.2 Å². The van der Waals surface area contributed by atoms with Crippen LogP contribution < -0.4 is 4.72 Å². The molecule has 1 aliphatic heterocycles. The van der Waals surface area contributed by atoms with E-state index in [1.54, 1.807) is 6.07 Å². The summed E-state index contributed by atoms with van der Waals surface area (Å²) in [6.07, 6.45) is 0. The van der Waals surface area contributed by atoms with Crippen LogP contribution >= 0.6 is 0 Å². The number of morpholine rings is 1. The summed E-state index contributed by atoms with van der Waals surface area (Å²) in [5, 5.41) is 8.25. The molecule has 1 fully saturated rings. The van der Waals surface area contributed by atoms with Gasteiger partial charge in [0.15, 0.2) is 5.75 Å². The molecule has 0 bridgehead atoms. The molecule has 1 rings (SSSR count). The summed E-state index contributed by atoms with van der Waals surface area (Å²) < 4.78 is 29.7. The van der Waals surface area contributed by atoms with Gasteiger partial charge < -0.3 is 4.74 Å². The second-order valence-electron chi connectivity index (χ2n) is 3.27. The fourth-order valence-electron chi connectivity index (χ4n) is 1.32. The first-order chi connectivity index (χ1) is 7.14. The molecule has 0 saturated carbocycles. The molecule has 0 aromatic heterocycles. The van der Waals surface area contributed by atoms with Crippen LogP contribution in [0.4, 0.5) is 0 Å². The van der Waals surface area contributed by atoms with E-state index in [1.807, 2.05) is 0 Å². The third-order valence-corrected chi connectivity index (χ3v) is 3.26. The van der Waals surface area contributed by atoms with E-state index < -0.39 is 15.8 Å². The van der Waals surface area contributed by atoms with Gasteiger partial charge in [-0.1, -0.05) is 0 Å². The third-order valence-electron chi connectivity index (χ3n) is 2.11. The van der Waals surface area contributed by atoms with Crippen LogP contribution in [0.5, 0.6) is 0 Å². The molecule has 0 aliphatic carbocycles. The van der Waals surface area contributed by atoms with Gasteiger partial charge in [0.25, 0.3) is 0 Å². The van der Waals surface area contributed by atoms with Gasteiger partial charge >= 0.3 is 0 Å². The highest BCUT2D eigenvalue weighted by Crippen LogP contribution is 1.95. The molecule has 0 aromatic carbocycles. The van der Waals surface area contributed by atoms with Crippen molar-refractivity contribution in [3.8, 4) is 6.07 Å². The molecule has 1 saturated heterocycles. The molecular formula is C8H15N3O3S. The fourth-order valence-corrected chi connectivity index (χ4v) is 1.99. The van der Waals surface area contributed by atoms with Crippen molar-refractivity contribution >= 4 is 10.0 Å². The maximum Gasteiger partial charge on any atom is 0.225 e. The lowest BCUT2D eigenvalue weighted by molar-refractivity contribution is 0.0390. The zero-order chi connectivity index (χ0) is 11.1. The Balaban J connectivity index is 2.18. The summed E-state index contributed by atoms with van der Waals surface area (Å²) in [6.45, 7) is 4.08. The molecule has 6 nitrogen and oxygen atoms in total. The van der Waals surface area contributed by atoms with Gasteiger partial charge in [-0.25, -0.2) is 13.1 Å². The molecule has 1 heterocycles. The van der Waals surface area contributed by atoms with Crippen molar-refractivity contribution in [2.45, 2.75) is 0 Å². The fraction of sp³-hybridized carbons (Fsp3) is 0.875. The van der Waals surface area contributed by atoms with Crippen molar-refractivity contribution in [1.82, 2.24) is 9.62 Å². The minimum atomic E-state index is -3.40. The molecular weight excluding hydrogens is 218 g/mol. The lowest BCUT2D eigenvalue weighted by atomic mass is 10.4. The Labute approximate surface area is 89.9 Å². The van der Waals surface area contributed by atoms with Crippen molar-refractivity contribution in [1.29, 1.82) is 5.26 Å². The summed E-state index contributed by atoms with van der Waals surface area (Å²) in [5.74, 6) is -0.476. The SMILES string of the molecule is N#CCS(=O)(=O)NCCN1CCOCC1. The largest absolute Gasteiger partial charge is 0.379 e. The standard InChI is InChI=1S/C8H15N3O3S/c9-1-8-15(12,13)10-2-3-11-4-6-14-7-5-11/h10H,2-8H2. The van der Waals surface area contributed by atoms with E-state index in [1.165, 1.54) is 0 Å². The van der Waals surface area contributed by atoms with Crippen molar-refractivity contribution in [3.63, 3.8) is 0 Å². The summed E-state index contributed by atoms with van der Waals surface area (Å²) in [5.41, 5.74) is 0. The molecule has 0 unspecified atom stereocenters. The van der Waals surface area contributed by atoms with Gasteiger partial charge in [-0.15, -0.1) is 0 Å². The molecule has 0 amide bonds. The predicted octanol–water partition coefficient (Wildman–Crippen LogP) is -1.24. The predicted molar refractivity (Wildman–Crippen MR) is 54.7 cm³/mol. The molecule has 1 N–H and O–H groups in total. The summed E-state index contributed by atoms with van der Waals surface area (Å²) in [4.78, 5) is 2.12. The second-order valence-corrected chi connectivity index (χ2v) is 5.07. The number of nitrogens with one attached hydrogen (secondary N) is 1. The third kappa shape index (κ3) is 5.09. The highest BCUT2D eigenvalue weighted by Gasteiger charge is 2.12. The summed E-state index contributed by atoms with van der Waals surface area (Å²) >= 11 is 0. The van der Waals surface area contributed by atoms with Crippen LogP contribution in [0.15, 0.2) is 0 Å². The van der Waals surface area contributed by atoms with Crippen LogP contribution in [-0.2, 0) is 14.8 Å². The first-order valence-corrected chi connectivity index (χ1v) is 6.44. The number of ether oxygens (including phenoxy) is 1. The van der Waals surface area contributed by atoms with Crippen molar-refractivity contribution in [2.75, 3.05) is 45.1 Å². The van der Waals surface area contributed by atoms with Crippen molar-refractivity contribution in [3.05, 3.63) is 0 Å². The van der Waals surface area contributed by atoms with Crippen LogP contribution in [0.25, 0.3) is 0 Å². The van der Waals surface area contributed by atoms with Crippen LogP contribution in [0.1, 0.15) is 0 Å². The second kappa shape index (κ2) is 6.02. The highest BCUT2D eigenvalue weighted by atomic mass is 32.2. The van der Waals surface area contributed by atoms with Gasteiger partial charge in [0.2, 0.25) is 10.0 Å². The Kier molecular flexibility index (Phi) is 4.98. The highest BCUT2D eigenvalue weighted by molar-refractivity contribution is 7.89. The van der Waals surface area contributed by atoms with E-state index in [4.69, 9.17) is 10.00 Å². The Bertz CT molecular complexity index is 317. The minimum absolute atomic E-state index is 0.351. The Hall–Kier alpha value is -0.680. The maximum absolute atomic E-state index is 11.1. The zero-order valence-electron chi connectivity index (χ0n) is 8.48. The number of nitriles is 1. The first kappa shape index (κ1) is 12.4. The van der Waals surface area contributed by atoms with Crippen LogP contribution in [0.3, 0.4) is 0 Å². The van der Waals surface area contributed by atoms with E-state index >= 15 is 0 Å². The molecule has 86 valence electrons. The van der Waals surface area contributed by atoms with Crippen LogP contribution in [0.2, 0.25) is 0 Å². The van der Waals surface area contributed by atoms with E-state index in [2.05, 4.69) is 9.62 Å². The molecule has 15 heavy (non-hydrogen) atoms. The minimum Gasteiger partial charge on any atom is -0.379 e. The molecule has 0 aromatic rings. The lowest BCUT2D eigenvalue weighted by Gasteiger charge is -2.26. The van der Waals surface area contributed by atoms with Crippen LogP contribution in [-0.4, -0.2) is 58.5 Å². The monoisotopic (exact) mass is 233 g/mol. The normalized spacial score (nSPS) is 18.6. The summed E-state index contributed by atoms with van der Waals surface area (Å²) in [7, 11) is -3.40. The molecule has 1 aliphatic rings. The number of hydrogen-bond acceptors (Lipinski definition) is 5. The molecule has 0 atom stereocenters. The summed E-state index contributed by atoms with van der Waals surface area (Å²) in [6, 6.07) is 1.61. The average Bonchev–Trinajstić information content (AvgIpc) is 2.19. The Morgan fingerprint density at radius 1 is 1.40 bits per heavy atom. The van der Waals surface area contributed by atoms with E-state index in [0.29, 0.717) is 26.3 Å². The number of nitrogens with zero attached hydrogens (tertiary/aromatic N) is 2. The van der Waals surface area contributed by atoms with Gasteiger partial charge in [-0.2, -0.15) is 5.26 Å². The van der Waals surface area contributed by atoms with Crippen LogP contribution in [0, 0.1) is 11.3 Å². The first-order valence-electron chi connectivity index (χ1n) is 4.78. The number of sulfonamides is 1. The number of hydrogen-bond donors (Lipinski definition) is 1. The van der Waals surface area contributed by atoms with Gasteiger partial charge in [0.05, 0.1) is 19.3 Å². The average molecular weight is 233 g/mol. The van der Waals surface area contributed by atoms with E-state index in [0.717, 1.165) is 13.1 Å². The maximum atomic E-state index is 11.1. The number of rotatable bonds is 5. The van der Waals surface area contributed by atoms with Gasteiger partial charge in [-0.05, 0) is 0 Å². The Morgan fingerprint density at radius 3 is 2.67 bits per heavy atom. The van der Waals surface area contributed by atoms with E-state index in [-0.39, 0.29) is 0 Å². The van der Waals surface area contributed by atoms with Crippen molar-refractivity contribution in [2.24, 2.45) is 0 Å². The van der Waals surface area contributed by atoms with Gasteiger partial charge in [0.1, 0.15) is 0 Å². The smallest absolute Gasteiger partial charge is 0.225 e. The quantitative estimate of drug-likeness (QED) is 0.642. The Morgan fingerprint density at radius 2 is 2.07 bits per heavy atom. The van der Waals surface area contributed by atoms with Gasteiger partial charge in [0, 0.05) is 26.2 Å². The molecule has 0 radical (unpaired) electrons. The molecule has 7 heteroatoms. The zero-order valence-corrected chi connectivity index (χ0v) is 9.29. The van der Waals surface area contributed by atoms with Gasteiger partial charge in [-0.3, -0.25) is 4.90 Å². The topological polar surface area (TPSA) is 82.4 Å².